The highest BCUT2D eigenvalue weighted by molar-refractivity contribution is 8.00. The summed E-state index contributed by atoms with van der Waals surface area (Å²) in [6.45, 7) is 10.7. The predicted molar refractivity (Wildman–Crippen MR) is 127 cm³/mol. The van der Waals surface area contributed by atoms with Crippen LogP contribution in [0, 0.1) is 5.92 Å². The Labute approximate surface area is 193 Å². The van der Waals surface area contributed by atoms with Crippen molar-refractivity contribution in [2.75, 3.05) is 19.7 Å². The molecule has 1 saturated heterocycles. The number of ether oxygens (including phenoxy) is 1. The van der Waals surface area contributed by atoms with E-state index in [9.17, 15) is 9.59 Å². The molecule has 1 aliphatic rings. The number of hydrogen-bond donors (Lipinski definition) is 0. The van der Waals surface area contributed by atoms with E-state index < -0.39 is 0 Å². The summed E-state index contributed by atoms with van der Waals surface area (Å²) in [5, 5.41) is 1.29. The molecule has 2 aromatic rings. The molecule has 0 spiro atoms. The van der Waals surface area contributed by atoms with E-state index in [-0.39, 0.29) is 22.8 Å². The second-order valence-corrected chi connectivity index (χ2v) is 10.3. The zero-order valence-corrected chi connectivity index (χ0v) is 20.3. The van der Waals surface area contributed by atoms with Crippen LogP contribution in [0.3, 0.4) is 0 Å². The number of likely N-dealkylation sites (tertiary alicyclic amines) is 1. The molecule has 1 aromatic carbocycles. The molecule has 170 valence electrons. The van der Waals surface area contributed by atoms with Gasteiger partial charge in [-0.05, 0) is 64.2 Å². The zero-order valence-electron chi connectivity index (χ0n) is 18.8. The van der Waals surface area contributed by atoms with Gasteiger partial charge in [-0.2, -0.15) is 0 Å². The lowest BCUT2D eigenvalue weighted by molar-refractivity contribution is -0.131. The van der Waals surface area contributed by atoms with Crippen LogP contribution in [0.25, 0.3) is 10.9 Å². The Kier molecular flexibility index (Phi) is 8.42. The van der Waals surface area contributed by atoms with Gasteiger partial charge >= 0.3 is 0 Å². The van der Waals surface area contributed by atoms with Gasteiger partial charge in [-0.3, -0.25) is 14.2 Å². The summed E-state index contributed by atoms with van der Waals surface area (Å²) < 4.78 is 7.31. The van der Waals surface area contributed by atoms with E-state index in [1.807, 2.05) is 25.7 Å². The van der Waals surface area contributed by atoms with Crippen molar-refractivity contribution in [3.8, 4) is 0 Å². The van der Waals surface area contributed by atoms with E-state index in [4.69, 9.17) is 21.3 Å². The lowest BCUT2D eigenvalue weighted by Gasteiger charge is -2.32. The Morgan fingerprint density at radius 1 is 1.29 bits per heavy atom. The SMILES string of the molecule is CC1CCN(C(=O)C(C)Sc2nc3cc(Cl)ccc3c(=O)n2CCCOC(C)C)CC1. The minimum absolute atomic E-state index is 0.104. The van der Waals surface area contributed by atoms with Crippen LogP contribution in [-0.4, -0.2) is 51.4 Å². The first-order valence-corrected chi connectivity index (χ1v) is 12.3. The van der Waals surface area contributed by atoms with E-state index in [0.717, 1.165) is 25.9 Å². The maximum absolute atomic E-state index is 13.2. The van der Waals surface area contributed by atoms with Gasteiger partial charge in [0.2, 0.25) is 5.91 Å². The predicted octanol–water partition coefficient (Wildman–Crippen LogP) is 4.60. The van der Waals surface area contributed by atoms with Crippen molar-refractivity contribution in [3.05, 3.63) is 33.6 Å². The van der Waals surface area contributed by atoms with E-state index in [1.54, 1.807) is 22.8 Å². The summed E-state index contributed by atoms with van der Waals surface area (Å²) in [6, 6.07) is 5.12. The molecule has 0 bridgehead atoms. The third-order valence-electron chi connectivity index (χ3n) is 5.58. The molecular formula is C23H32ClN3O3S. The van der Waals surface area contributed by atoms with Gasteiger partial charge in [0, 0.05) is 31.3 Å². The number of nitrogens with zero attached hydrogens (tertiary/aromatic N) is 3. The highest BCUT2D eigenvalue weighted by Gasteiger charge is 2.26. The molecule has 0 radical (unpaired) electrons. The lowest BCUT2D eigenvalue weighted by atomic mass is 9.99. The normalized spacial score (nSPS) is 16.3. The van der Waals surface area contributed by atoms with Crippen LogP contribution in [0.15, 0.2) is 28.2 Å². The third kappa shape index (κ3) is 6.24. The van der Waals surface area contributed by atoms with E-state index in [0.29, 0.717) is 46.6 Å². The molecule has 1 atom stereocenters. The number of piperidine rings is 1. The number of hydrogen-bond acceptors (Lipinski definition) is 5. The van der Waals surface area contributed by atoms with Gasteiger partial charge in [0.05, 0.1) is 22.3 Å². The fourth-order valence-electron chi connectivity index (χ4n) is 3.70. The summed E-state index contributed by atoms with van der Waals surface area (Å²) in [7, 11) is 0. The fraction of sp³-hybridized carbons (Fsp3) is 0.609. The van der Waals surface area contributed by atoms with Gasteiger partial charge in [-0.15, -0.1) is 0 Å². The van der Waals surface area contributed by atoms with Crippen LogP contribution in [0.4, 0.5) is 0 Å². The van der Waals surface area contributed by atoms with Crippen molar-refractivity contribution < 1.29 is 9.53 Å². The van der Waals surface area contributed by atoms with E-state index in [1.165, 1.54) is 11.8 Å². The molecule has 0 aliphatic carbocycles. The molecule has 3 rings (SSSR count). The number of fused-ring (bicyclic) bond motifs is 1. The minimum Gasteiger partial charge on any atom is -0.379 e. The molecule has 1 fully saturated rings. The molecule has 6 nitrogen and oxygen atoms in total. The maximum atomic E-state index is 13.2. The standard InChI is InChI=1S/C23H32ClN3O3S/c1-15(2)30-13-5-10-27-22(29)19-7-6-18(24)14-20(19)25-23(27)31-17(4)21(28)26-11-8-16(3)9-12-26/h6-7,14-17H,5,8-13H2,1-4H3. The first-order valence-electron chi connectivity index (χ1n) is 11.0. The number of carbonyl (C=O) groups excluding carboxylic acids is 1. The van der Waals surface area contributed by atoms with Gasteiger partial charge in [-0.1, -0.05) is 30.3 Å². The monoisotopic (exact) mass is 465 g/mol. The van der Waals surface area contributed by atoms with E-state index >= 15 is 0 Å². The van der Waals surface area contributed by atoms with Gasteiger partial charge < -0.3 is 9.64 Å². The van der Waals surface area contributed by atoms with Crippen LogP contribution >= 0.6 is 23.4 Å². The summed E-state index contributed by atoms with van der Waals surface area (Å²) >= 11 is 7.48. The van der Waals surface area contributed by atoms with Crippen molar-refractivity contribution in [2.45, 2.75) is 70.0 Å². The number of amides is 1. The van der Waals surface area contributed by atoms with Crippen molar-refractivity contribution in [3.63, 3.8) is 0 Å². The highest BCUT2D eigenvalue weighted by Crippen LogP contribution is 2.26. The molecule has 8 heteroatoms. The molecular weight excluding hydrogens is 434 g/mol. The van der Waals surface area contributed by atoms with Crippen LogP contribution in [0.1, 0.15) is 47.0 Å². The zero-order chi connectivity index (χ0) is 22.5. The number of thioether (sulfide) groups is 1. The molecule has 1 amide bonds. The lowest BCUT2D eigenvalue weighted by Crippen LogP contribution is -2.42. The van der Waals surface area contributed by atoms with Crippen LogP contribution in [-0.2, 0) is 16.1 Å². The quantitative estimate of drug-likeness (QED) is 0.323. The summed E-state index contributed by atoms with van der Waals surface area (Å²) in [6.07, 6.45) is 2.92. The molecule has 0 N–H and O–H groups in total. The Hall–Kier alpha value is -1.57. The molecule has 1 aliphatic heterocycles. The van der Waals surface area contributed by atoms with Crippen LogP contribution in [0.2, 0.25) is 5.02 Å². The first-order chi connectivity index (χ1) is 14.8. The largest absolute Gasteiger partial charge is 0.379 e. The van der Waals surface area contributed by atoms with Gasteiger partial charge in [0.1, 0.15) is 0 Å². The molecule has 0 saturated carbocycles. The summed E-state index contributed by atoms with van der Waals surface area (Å²) in [5.74, 6) is 0.768. The number of halogens is 1. The number of aromatic nitrogens is 2. The smallest absolute Gasteiger partial charge is 0.262 e. The maximum Gasteiger partial charge on any atom is 0.262 e. The van der Waals surface area contributed by atoms with Crippen molar-refractivity contribution >= 4 is 40.2 Å². The average molecular weight is 466 g/mol. The third-order valence-corrected chi connectivity index (χ3v) is 6.90. The number of benzene rings is 1. The fourth-order valence-corrected chi connectivity index (χ4v) is 4.88. The van der Waals surface area contributed by atoms with Gasteiger partial charge in [0.25, 0.3) is 5.56 Å². The molecule has 31 heavy (non-hydrogen) atoms. The summed E-state index contributed by atoms with van der Waals surface area (Å²) in [4.78, 5) is 32.9. The topological polar surface area (TPSA) is 64.4 Å². The Morgan fingerprint density at radius 2 is 2.00 bits per heavy atom. The minimum atomic E-state index is -0.324. The first kappa shape index (κ1) is 24.1. The Bertz CT molecular complexity index is 970. The van der Waals surface area contributed by atoms with Gasteiger partial charge in [-0.25, -0.2) is 4.98 Å². The molecule has 2 heterocycles. The van der Waals surface area contributed by atoms with Gasteiger partial charge in [0.15, 0.2) is 5.16 Å². The van der Waals surface area contributed by atoms with Crippen molar-refractivity contribution in [1.82, 2.24) is 14.5 Å². The molecule has 1 unspecified atom stereocenters. The second kappa shape index (κ2) is 10.8. The van der Waals surface area contributed by atoms with Crippen molar-refractivity contribution in [1.29, 1.82) is 0 Å². The Balaban J connectivity index is 1.84. The van der Waals surface area contributed by atoms with Crippen LogP contribution in [0.5, 0.6) is 0 Å². The van der Waals surface area contributed by atoms with Crippen molar-refractivity contribution in [2.24, 2.45) is 5.92 Å². The van der Waals surface area contributed by atoms with E-state index in [2.05, 4.69) is 6.92 Å². The molecule has 1 aromatic heterocycles. The highest BCUT2D eigenvalue weighted by atomic mass is 35.5. The second-order valence-electron chi connectivity index (χ2n) is 8.55. The van der Waals surface area contributed by atoms with Crippen LogP contribution < -0.4 is 5.56 Å². The average Bonchev–Trinajstić information content (AvgIpc) is 2.72. The Morgan fingerprint density at radius 3 is 2.68 bits per heavy atom. The number of rotatable bonds is 8. The summed E-state index contributed by atoms with van der Waals surface area (Å²) in [5.41, 5.74) is 0.446. The number of carbonyl (C=O) groups is 1.